The minimum Gasteiger partial charge on any atom is -0.392 e. The summed E-state index contributed by atoms with van der Waals surface area (Å²) in [5.74, 6) is 0.649. The highest BCUT2D eigenvalue weighted by Gasteiger charge is 2.32. The maximum Gasteiger partial charge on any atom is 0.319 e. The van der Waals surface area contributed by atoms with Crippen molar-refractivity contribution in [2.45, 2.75) is 43.6 Å². The first-order chi connectivity index (χ1) is 16.6. The number of anilines is 1. The third-order valence-electron chi connectivity index (χ3n) is 5.35. The molecule has 3 atom stereocenters. The molecule has 1 fully saturated rings. The topological polar surface area (TPSA) is 123 Å². The summed E-state index contributed by atoms with van der Waals surface area (Å²) in [6, 6.07) is 14.9. The molecule has 3 N–H and O–H groups in total. The second-order valence-corrected chi connectivity index (χ2v) is 8.84. The highest BCUT2D eigenvalue weighted by molar-refractivity contribution is 7.99. The molecule has 2 aromatic carbocycles. The summed E-state index contributed by atoms with van der Waals surface area (Å²) in [6.07, 6.45) is -0.280. The van der Waals surface area contributed by atoms with Crippen LogP contribution in [0.25, 0.3) is 0 Å². The Labute approximate surface area is 202 Å². The zero-order valence-electron chi connectivity index (χ0n) is 19.0. The number of carbonyl (C=O) groups excluding carboxylic acids is 1. The van der Waals surface area contributed by atoms with Gasteiger partial charge in [0.05, 0.1) is 18.8 Å². The normalized spacial score (nSPS) is 20.1. The van der Waals surface area contributed by atoms with Crippen LogP contribution in [0, 0.1) is 0 Å². The van der Waals surface area contributed by atoms with Gasteiger partial charge in [0.2, 0.25) is 5.16 Å². The Morgan fingerprint density at radius 3 is 2.74 bits per heavy atom. The Kier molecular flexibility index (Phi) is 8.12. The molecule has 180 valence electrons. The van der Waals surface area contributed by atoms with E-state index in [9.17, 15) is 9.90 Å². The van der Waals surface area contributed by atoms with Gasteiger partial charge in [-0.2, -0.15) is 0 Å². The van der Waals surface area contributed by atoms with Crippen LogP contribution in [0.4, 0.5) is 10.5 Å². The molecule has 0 saturated carbocycles. The van der Waals surface area contributed by atoms with Gasteiger partial charge in [-0.15, -0.1) is 5.10 Å². The molecule has 0 radical (unpaired) electrons. The number of rotatable bonds is 8. The van der Waals surface area contributed by atoms with E-state index in [-0.39, 0.29) is 24.8 Å². The Bertz CT molecular complexity index is 1090. The number of nitrogens with one attached hydrogen (secondary N) is 2. The Hall–Kier alpha value is -2.99. The van der Waals surface area contributed by atoms with Gasteiger partial charge in [-0.05, 0) is 40.6 Å². The summed E-state index contributed by atoms with van der Waals surface area (Å²) < 4.78 is 14.3. The predicted molar refractivity (Wildman–Crippen MR) is 127 cm³/mol. The molecule has 1 saturated heterocycles. The fourth-order valence-electron chi connectivity index (χ4n) is 3.63. The summed E-state index contributed by atoms with van der Waals surface area (Å²) in [5.41, 5.74) is 3.32. The molecule has 4 rings (SSSR count). The Morgan fingerprint density at radius 1 is 1.21 bits per heavy atom. The molecule has 34 heavy (non-hydrogen) atoms. The number of aliphatic hydroxyl groups excluding tert-OH is 1. The molecular weight excluding hydrogens is 456 g/mol. The van der Waals surface area contributed by atoms with Crippen LogP contribution in [0.2, 0.25) is 0 Å². The SMILES string of the molecule is CCNC(=O)Nc1cccc(C2O[C@H](CSc3nnnn3C)C[C@H](c3ccc(CO)cc3)O2)c1. The van der Waals surface area contributed by atoms with Crippen molar-refractivity contribution in [3.8, 4) is 0 Å². The average Bonchev–Trinajstić information content (AvgIpc) is 3.27. The maximum absolute atomic E-state index is 11.9. The van der Waals surface area contributed by atoms with E-state index in [0.29, 0.717) is 29.6 Å². The van der Waals surface area contributed by atoms with E-state index >= 15 is 0 Å². The number of tetrazole rings is 1. The fourth-order valence-corrected chi connectivity index (χ4v) is 4.50. The molecular formula is C23H28N6O4S. The summed E-state index contributed by atoms with van der Waals surface area (Å²) in [7, 11) is 1.80. The minimum atomic E-state index is -0.615. The van der Waals surface area contributed by atoms with Crippen LogP contribution in [0.1, 0.15) is 42.4 Å². The molecule has 0 bridgehead atoms. The van der Waals surface area contributed by atoms with Crippen molar-refractivity contribution in [1.29, 1.82) is 0 Å². The van der Waals surface area contributed by atoms with Crippen LogP contribution in [-0.2, 0) is 23.1 Å². The van der Waals surface area contributed by atoms with E-state index in [4.69, 9.17) is 9.47 Å². The molecule has 2 amide bonds. The fraction of sp³-hybridized carbons (Fsp3) is 0.391. The lowest BCUT2D eigenvalue weighted by Crippen LogP contribution is -2.31. The number of aliphatic hydroxyl groups is 1. The zero-order valence-corrected chi connectivity index (χ0v) is 19.9. The second-order valence-electron chi connectivity index (χ2n) is 7.86. The summed E-state index contributed by atoms with van der Waals surface area (Å²) in [6.45, 7) is 2.40. The lowest BCUT2D eigenvalue weighted by atomic mass is 10.0. The number of amides is 2. The number of aromatic nitrogens is 4. The summed E-state index contributed by atoms with van der Waals surface area (Å²) in [4.78, 5) is 11.9. The smallest absolute Gasteiger partial charge is 0.319 e. The van der Waals surface area contributed by atoms with Gasteiger partial charge in [0, 0.05) is 37.0 Å². The van der Waals surface area contributed by atoms with Gasteiger partial charge in [-0.1, -0.05) is 48.2 Å². The van der Waals surface area contributed by atoms with E-state index in [0.717, 1.165) is 16.7 Å². The van der Waals surface area contributed by atoms with Gasteiger partial charge in [0.25, 0.3) is 0 Å². The first-order valence-corrected chi connectivity index (χ1v) is 12.0. The lowest BCUT2D eigenvalue weighted by molar-refractivity contribution is -0.245. The number of thioether (sulfide) groups is 1. The minimum absolute atomic E-state index is 0.00601. The van der Waals surface area contributed by atoms with Gasteiger partial charge in [-0.3, -0.25) is 0 Å². The molecule has 1 aromatic heterocycles. The van der Waals surface area contributed by atoms with Crippen molar-refractivity contribution >= 4 is 23.5 Å². The molecule has 1 unspecified atom stereocenters. The first-order valence-electron chi connectivity index (χ1n) is 11.1. The monoisotopic (exact) mass is 484 g/mol. The van der Waals surface area contributed by atoms with Crippen molar-refractivity contribution in [2.24, 2.45) is 7.05 Å². The van der Waals surface area contributed by atoms with Crippen LogP contribution in [-0.4, -0.2) is 49.7 Å². The largest absolute Gasteiger partial charge is 0.392 e. The Morgan fingerprint density at radius 2 is 2.03 bits per heavy atom. The van der Waals surface area contributed by atoms with Crippen LogP contribution >= 0.6 is 11.8 Å². The number of hydrogen-bond acceptors (Lipinski definition) is 8. The van der Waals surface area contributed by atoms with Crippen LogP contribution < -0.4 is 10.6 Å². The van der Waals surface area contributed by atoms with E-state index in [1.807, 2.05) is 55.5 Å². The van der Waals surface area contributed by atoms with Crippen molar-refractivity contribution in [3.05, 3.63) is 65.2 Å². The third-order valence-corrected chi connectivity index (χ3v) is 6.49. The first kappa shape index (κ1) is 24.1. The number of hydrogen-bond donors (Lipinski definition) is 3. The second kappa shape index (κ2) is 11.4. The van der Waals surface area contributed by atoms with Gasteiger partial charge in [-0.25, -0.2) is 9.48 Å². The van der Waals surface area contributed by atoms with E-state index in [1.165, 1.54) is 11.8 Å². The van der Waals surface area contributed by atoms with Gasteiger partial charge in [0.15, 0.2) is 6.29 Å². The molecule has 3 aromatic rings. The molecule has 0 spiro atoms. The predicted octanol–water partition coefficient (Wildman–Crippen LogP) is 3.18. The van der Waals surface area contributed by atoms with Crippen LogP contribution in [0.3, 0.4) is 0 Å². The van der Waals surface area contributed by atoms with E-state index in [1.54, 1.807) is 11.7 Å². The van der Waals surface area contributed by atoms with E-state index in [2.05, 4.69) is 26.2 Å². The lowest BCUT2D eigenvalue weighted by Gasteiger charge is -2.36. The molecule has 10 nitrogen and oxygen atoms in total. The number of benzene rings is 2. The molecule has 11 heteroatoms. The third kappa shape index (κ3) is 6.11. The highest BCUT2D eigenvalue weighted by Crippen LogP contribution is 2.39. The number of aryl methyl sites for hydroxylation is 1. The van der Waals surface area contributed by atoms with Gasteiger partial charge < -0.3 is 25.2 Å². The number of urea groups is 1. The molecule has 0 aliphatic carbocycles. The quantitative estimate of drug-likeness (QED) is 0.417. The standard InChI is InChI=1S/C23H28N6O4S/c1-3-24-22(31)25-18-6-4-5-17(11-18)21-32-19(14-34-23-26-27-28-29(23)2)12-20(33-21)16-9-7-15(13-30)8-10-16/h4-11,19-21,30H,3,12-14H2,1-2H3,(H2,24,25,31)/t19-,20+,21?/m0/s1. The summed E-state index contributed by atoms with van der Waals surface area (Å²) >= 11 is 1.53. The number of ether oxygens (including phenoxy) is 2. The molecule has 1 aliphatic rings. The summed E-state index contributed by atoms with van der Waals surface area (Å²) in [5, 5.41) is 27.2. The highest BCUT2D eigenvalue weighted by atomic mass is 32.2. The van der Waals surface area contributed by atoms with Crippen LogP contribution in [0.5, 0.6) is 0 Å². The average molecular weight is 485 g/mol. The van der Waals surface area contributed by atoms with Gasteiger partial charge >= 0.3 is 6.03 Å². The van der Waals surface area contributed by atoms with Crippen LogP contribution in [0.15, 0.2) is 53.7 Å². The maximum atomic E-state index is 11.9. The van der Waals surface area contributed by atoms with Crippen molar-refractivity contribution in [3.63, 3.8) is 0 Å². The van der Waals surface area contributed by atoms with Crippen molar-refractivity contribution in [2.75, 3.05) is 17.6 Å². The van der Waals surface area contributed by atoms with Gasteiger partial charge in [0.1, 0.15) is 0 Å². The number of nitrogens with zero attached hydrogens (tertiary/aromatic N) is 4. The van der Waals surface area contributed by atoms with E-state index < -0.39 is 6.29 Å². The molecule has 1 aliphatic heterocycles. The molecule has 2 heterocycles. The van der Waals surface area contributed by atoms with Crippen molar-refractivity contribution in [1.82, 2.24) is 25.5 Å². The van der Waals surface area contributed by atoms with Crippen molar-refractivity contribution < 1.29 is 19.4 Å². The zero-order chi connectivity index (χ0) is 23.9. The number of carbonyl (C=O) groups is 1. The Balaban J connectivity index is 1.53.